The number of hydrogen-bond donors (Lipinski definition) is 0. The predicted molar refractivity (Wildman–Crippen MR) is 82.8 cm³/mol. The summed E-state index contributed by atoms with van der Waals surface area (Å²) in [6.07, 6.45) is 7.44. The van der Waals surface area contributed by atoms with Crippen molar-refractivity contribution in [3.8, 4) is 0 Å². The minimum Gasteiger partial charge on any atom is -0.461 e. The van der Waals surface area contributed by atoms with Crippen molar-refractivity contribution in [3.63, 3.8) is 0 Å². The topological polar surface area (TPSA) is 29.5 Å². The van der Waals surface area contributed by atoms with Crippen LogP contribution >= 0.6 is 0 Å². The highest BCUT2D eigenvalue weighted by molar-refractivity contribution is 5.72. The lowest BCUT2D eigenvalue weighted by Gasteiger charge is -2.35. The Balaban J connectivity index is 1.49. The van der Waals surface area contributed by atoms with Gasteiger partial charge in [-0.05, 0) is 37.8 Å². The van der Waals surface area contributed by atoms with Crippen molar-refractivity contribution >= 4 is 5.97 Å². The molecule has 0 aromatic heterocycles. The summed E-state index contributed by atoms with van der Waals surface area (Å²) in [6, 6.07) is 10.6. The minimum atomic E-state index is -0.0125. The van der Waals surface area contributed by atoms with E-state index in [4.69, 9.17) is 4.74 Å². The van der Waals surface area contributed by atoms with Gasteiger partial charge in [-0.3, -0.25) is 9.69 Å². The molecule has 2 fully saturated rings. The van der Waals surface area contributed by atoms with Crippen LogP contribution in [0.4, 0.5) is 0 Å². The molecule has 1 atom stereocenters. The molecule has 21 heavy (non-hydrogen) atoms. The van der Waals surface area contributed by atoms with Crippen LogP contribution in [-0.2, 0) is 16.1 Å². The van der Waals surface area contributed by atoms with Gasteiger partial charge in [-0.2, -0.15) is 0 Å². The second-order valence-corrected chi connectivity index (χ2v) is 6.37. The van der Waals surface area contributed by atoms with Gasteiger partial charge in [-0.15, -0.1) is 0 Å². The molecule has 1 aromatic carbocycles. The van der Waals surface area contributed by atoms with Gasteiger partial charge in [-0.25, -0.2) is 0 Å². The van der Waals surface area contributed by atoms with Gasteiger partial charge in [0.25, 0.3) is 0 Å². The lowest BCUT2D eigenvalue weighted by Crippen LogP contribution is -2.44. The molecule has 1 heterocycles. The zero-order valence-electron chi connectivity index (χ0n) is 12.7. The highest BCUT2D eigenvalue weighted by atomic mass is 16.5. The Morgan fingerprint density at radius 1 is 1.10 bits per heavy atom. The van der Waals surface area contributed by atoms with Gasteiger partial charge in [0.05, 0.1) is 5.92 Å². The van der Waals surface area contributed by atoms with Crippen LogP contribution in [0.15, 0.2) is 30.3 Å². The molecule has 114 valence electrons. The Morgan fingerprint density at radius 3 is 2.62 bits per heavy atom. The standard InChI is InChI=1S/C18H25NO2/c20-18(21-14-15-7-2-1-3-8-15)16-9-6-12-19(13-16)17-10-4-5-11-17/h1-3,7-8,16-17H,4-6,9-14H2. The zero-order chi connectivity index (χ0) is 14.5. The smallest absolute Gasteiger partial charge is 0.310 e. The molecule has 1 aromatic rings. The first-order valence-corrected chi connectivity index (χ1v) is 8.27. The first kappa shape index (κ1) is 14.6. The Labute approximate surface area is 127 Å². The Hall–Kier alpha value is -1.35. The third-order valence-electron chi connectivity index (χ3n) is 4.85. The van der Waals surface area contributed by atoms with Crippen LogP contribution in [0.1, 0.15) is 44.1 Å². The predicted octanol–water partition coefficient (Wildman–Crippen LogP) is 3.38. The maximum Gasteiger partial charge on any atom is 0.310 e. The van der Waals surface area contributed by atoms with Crippen molar-refractivity contribution in [1.29, 1.82) is 0 Å². The second kappa shape index (κ2) is 7.08. The molecule has 1 unspecified atom stereocenters. The van der Waals surface area contributed by atoms with Crippen molar-refractivity contribution < 1.29 is 9.53 Å². The monoisotopic (exact) mass is 287 g/mol. The maximum atomic E-state index is 12.3. The number of ether oxygens (including phenoxy) is 1. The molecule has 1 aliphatic heterocycles. The normalized spacial score (nSPS) is 24.1. The molecule has 2 aliphatic rings. The van der Waals surface area contributed by atoms with E-state index in [1.165, 1.54) is 25.7 Å². The van der Waals surface area contributed by atoms with Crippen molar-refractivity contribution in [2.45, 2.75) is 51.2 Å². The number of rotatable bonds is 4. The van der Waals surface area contributed by atoms with Gasteiger partial charge < -0.3 is 4.74 Å². The molecule has 0 N–H and O–H groups in total. The third kappa shape index (κ3) is 3.85. The van der Waals surface area contributed by atoms with Crippen molar-refractivity contribution in [3.05, 3.63) is 35.9 Å². The fraction of sp³-hybridized carbons (Fsp3) is 0.611. The van der Waals surface area contributed by atoms with Gasteiger partial charge in [0, 0.05) is 12.6 Å². The molecule has 3 nitrogen and oxygen atoms in total. The fourth-order valence-corrected chi connectivity index (χ4v) is 3.65. The molecule has 3 heteroatoms. The maximum absolute atomic E-state index is 12.3. The number of likely N-dealkylation sites (tertiary alicyclic amines) is 1. The largest absolute Gasteiger partial charge is 0.461 e. The van der Waals surface area contributed by atoms with E-state index in [2.05, 4.69) is 4.90 Å². The van der Waals surface area contributed by atoms with E-state index >= 15 is 0 Å². The summed E-state index contributed by atoms with van der Waals surface area (Å²) < 4.78 is 5.51. The molecule has 0 bridgehead atoms. The molecule has 0 spiro atoms. The van der Waals surface area contributed by atoms with Crippen LogP contribution in [0.25, 0.3) is 0 Å². The van der Waals surface area contributed by atoms with Gasteiger partial charge in [0.1, 0.15) is 6.61 Å². The van der Waals surface area contributed by atoms with Gasteiger partial charge in [0.2, 0.25) is 0 Å². The van der Waals surface area contributed by atoms with Crippen molar-refractivity contribution in [1.82, 2.24) is 4.90 Å². The highest BCUT2D eigenvalue weighted by Gasteiger charge is 2.31. The average molecular weight is 287 g/mol. The molecule has 0 amide bonds. The van der Waals surface area contributed by atoms with Crippen LogP contribution < -0.4 is 0 Å². The number of esters is 1. The van der Waals surface area contributed by atoms with E-state index in [0.717, 1.165) is 37.5 Å². The number of nitrogens with zero attached hydrogens (tertiary/aromatic N) is 1. The quantitative estimate of drug-likeness (QED) is 0.795. The van der Waals surface area contributed by atoms with Gasteiger partial charge >= 0.3 is 5.97 Å². The first-order valence-electron chi connectivity index (χ1n) is 8.27. The lowest BCUT2D eigenvalue weighted by atomic mass is 9.96. The Morgan fingerprint density at radius 2 is 1.86 bits per heavy atom. The van der Waals surface area contributed by atoms with Crippen LogP contribution in [0, 0.1) is 5.92 Å². The molecule has 1 aliphatic carbocycles. The summed E-state index contributed by atoms with van der Waals surface area (Å²) >= 11 is 0. The summed E-state index contributed by atoms with van der Waals surface area (Å²) in [7, 11) is 0. The summed E-state index contributed by atoms with van der Waals surface area (Å²) in [4.78, 5) is 14.8. The number of piperidine rings is 1. The van der Waals surface area contributed by atoms with Crippen LogP contribution in [0.5, 0.6) is 0 Å². The molecular weight excluding hydrogens is 262 g/mol. The lowest BCUT2D eigenvalue weighted by molar-refractivity contribution is -0.152. The Kier molecular flexibility index (Phi) is 4.91. The molecule has 0 radical (unpaired) electrons. The van der Waals surface area contributed by atoms with Crippen LogP contribution in [0.3, 0.4) is 0 Å². The highest BCUT2D eigenvalue weighted by Crippen LogP contribution is 2.28. The van der Waals surface area contributed by atoms with Crippen LogP contribution in [0.2, 0.25) is 0 Å². The zero-order valence-corrected chi connectivity index (χ0v) is 12.7. The van der Waals surface area contributed by atoms with Gasteiger partial charge in [-0.1, -0.05) is 43.2 Å². The van der Waals surface area contributed by atoms with E-state index in [-0.39, 0.29) is 11.9 Å². The number of hydrogen-bond acceptors (Lipinski definition) is 3. The summed E-state index contributed by atoms with van der Waals surface area (Å²) in [6.45, 7) is 2.46. The summed E-state index contributed by atoms with van der Waals surface area (Å²) in [5.41, 5.74) is 1.06. The molecule has 1 saturated heterocycles. The summed E-state index contributed by atoms with van der Waals surface area (Å²) in [5.74, 6) is 0.0598. The number of carbonyl (C=O) groups is 1. The van der Waals surface area contributed by atoms with Crippen LogP contribution in [-0.4, -0.2) is 30.0 Å². The molecule has 1 saturated carbocycles. The molecule has 3 rings (SSSR count). The van der Waals surface area contributed by atoms with Crippen molar-refractivity contribution in [2.75, 3.05) is 13.1 Å². The van der Waals surface area contributed by atoms with Gasteiger partial charge in [0.15, 0.2) is 0 Å². The number of benzene rings is 1. The third-order valence-corrected chi connectivity index (χ3v) is 4.85. The number of carbonyl (C=O) groups excluding carboxylic acids is 1. The SMILES string of the molecule is O=C(OCc1ccccc1)C1CCCN(C2CCCC2)C1. The van der Waals surface area contributed by atoms with E-state index < -0.39 is 0 Å². The summed E-state index contributed by atoms with van der Waals surface area (Å²) in [5, 5.41) is 0. The average Bonchev–Trinajstić information content (AvgIpc) is 3.08. The van der Waals surface area contributed by atoms with E-state index in [9.17, 15) is 4.79 Å². The van der Waals surface area contributed by atoms with E-state index in [0.29, 0.717) is 6.61 Å². The Bertz CT molecular complexity index is 454. The fourth-order valence-electron chi connectivity index (χ4n) is 3.65. The van der Waals surface area contributed by atoms with Crippen molar-refractivity contribution in [2.24, 2.45) is 5.92 Å². The van der Waals surface area contributed by atoms with E-state index in [1.54, 1.807) is 0 Å². The minimum absolute atomic E-state index is 0.0125. The second-order valence-electron chi connectivity index (χ2n) is 6.37. The van der Waals surface area contributed by atoms with E-state index in [1.807, 2.05) is 30.3 Å². The molecular formula is C18H25NO2. The first-order chi connectivity index (χ1) is 10.3.